The van der Waals surface area contributed by atoms with Crippen LogP contribution in [0.5, 0.6) is 0 Å². The highest BCUT2D eigenvalue weighted by Gasteiger charge is 2.25. The van der Waals surface area contributed by atoms with Crippen LogP contribution in [0.4, 0.5) is 0 Å². The van der Waals surface area contributed by atoms with Crippen molar-refractivity contribution < 1.29 is 4.42 Å². The summed E-state index contributed by atoms with van der Waals surface area (Å²) in [6.07, 6.45) is 3.99. The van der Waals surface area contributed by atoms with Crippen molar-refractivity contribution in [3.8, 4) is 0 Å². The smallest absolute Gasteiger partial charge is 0.106 e. The van der Waals surface area contributed by atoms with Crippen LogP contribution in [-0.4, -0.2) is 21.5 Å². The van der Waals surface area contributed by atoms with Gasteiger partial charge in [-0.1, -0.05) is 19.1 Å². The minimum atomic E-state index is 0.0870. The van der Waals surface area contributed by atoms with Crippen molar-refractivity contribution in [3.63, 3.8) is 0 Å². The van der Waals surface area contributed by atoms with E-state index in [1.807, 2.05) is 24.7 Å². The zero-order valence-corrected chi connectivity index (χ0v) is 13.7. The van der Waals surface area contributed by atoms with E-state index >= 15 is 0 Å². The Morgan fingerprint density at radius 2 is 1.95 bits per heavy atom. The van der Waals surface area contributed by atoms with E-state index in [1.165, 1.54) is 11.1 Å². The van der Waals surface area contributed by atoms with Crippen molar-refractivity contribution in [1.29, 1.82) is 0 Å². The fourth-order valence-corrected chi connectivity index (χ4v) is 2.75. The van der Waals surface area contributed by atoms with Gasteiger partial charge in [-0.25, -0.2) is 4.68 Å². The van der Waals surface area contributed by atoms with Crippen molar-refractivity contribution in [2.45, 2.75) is 60.0 Å². The van der Waals surface area contributed by atoms with E-state index in [0.29, 0.717) is 0 Å². The molecule has 2 heterocycles. The molecule has 0 bridgehead atoms. The monoisotopic (exact) mass is 290 g/mol. The Bertz CT molecular complexity index is 585. The van der Waals surface area contributed by atoms with E-state index in [1.54, 1.807) is 0 Å². The SMILES string of the molecule is CCCNC(c1c(C)oc(C)c1C)c1cnnn1CCC. The van der Waals surface area contributed by atoms with Crippen LogP contribution in [0.25, 0.3) is 0 Å². The summed E-state index contributed by atoms with van der Waals surface area (Å²) in [4.78, 5) is 0. The molecule has 5 heteroatoms. The van der Waals surface area contributed by atoms with Gasteiger partial charge in [-0.15, -0.1) is 5.10 Å². The molecule has 0 spiro atoms. The van der Waals surface area contributed by atoms with Crippen LogP contribution < -0.4 is 5.32 Å². The average molecular weight is 290 g/mol. The molecule has 0 amide bonds. The number of furan rings is 1. The van der Waals surface area contributed by atoms with Crippen LogP contribution in [-0.2, 0) is 6.54 Å². The van der Waals surface area contributed by atoms with Crippen molar-refractivity contribution in [1.82, 2.24) is 20.3 Å². The average Bonchev–Trinajstić information content (AvgIpc) is 2.99. The second-order valence-electron chi connectivity index (χ2n) is 5.52. The standard InChI is InChI=1S/C16H26N4O/c1-6-8-17-16(14-10-18-19-20(14)9-7-2)15-11(3)12(4)21-13(15)5/h10,16-17H,6-9H2,1-5H3. The molecule has 0 aliphatic heterocycles. The molecular formula is C16H26N4O. The third-order valence-corrected chi connectivity index (χ3v) is 3.88. The lowest BCUT2D eigenvalue weighted by atomic mass is 9.99. The molecule has 5 nitrogen and oxygen atoms in total. The first kappa shape index (κ1) is 15.8. The molecule has 0 radical (unpaired) electrons. The summed E-state index contributed by atoms with van der Waals surface area (Å²) in [6, 6.07) is 0.0870. The Hall–Kier alpha value is -1.62. The van der Waals surface area contributed by atoms with Gasteiger partial charge >= 0.3 is 0 Å². The summed E-state index contributed by atoms with van der Waals surface area (Å²) >= 11 is 0. The molecule has 1 N–H and O–H groups in total. The summed E-state index contributed by atoms with van der Waals surface area (Å²) in [7, 11) is 0. The fourth-order valence-electron chi connectivity index (χ4n) is 2.75. The minimum absolute atomic E-state index is 0.0870. The molecule has 2 aromatic rings. The van der Waals surface area contributed by atoms with E-state index in [9.17, 15) is 0 Å². The van der Waals surface area contributed by atoms with Crippen LogP contribution in [0.3, 0.4) is 0 Å². The normalized spacial score (nSPS) is 12.8. The molecule has 0 aromatic carbocycles. The van der Waals surface area contributed by atoms with E-state index in [-0.39, 0.29) is 6.04 Å². The number of hydrogen-bond donors (Lipinski definition) is 1. The van der Waals surface area contributed by atoms with Gasteiger partial charge in [0.25, 0.3) is 0 Å². The predicted molar refractivity (Wildman–Crippen MR) is 83.4 cm³/mol. The van der Waals surface area contributed by atoms with Crippen molar-refractivity contribution in [2.24, 2.45) is 0 Å². The molecular weight excluding hydrogens is 264 g/mol. The first-order chi connectivity index (χ1) is 10.1. The zero-order valence-electron chi connectivity index (χ0n) is 13.7. The van der Waals surface area contributed by atoms with Gasteiger partial charge in [0, 0.05) is 12.1 Å². The molecule has 2 aromatic heterocycles. The number of nitrogens with one attached hydrogen (secondary N) is 1. The molecule has 0 saturated carbocycles. The maximum atomic E-state index is 5.81. The largest absolute Gasteiger partial charge is 0.466 e. The van der Waals surface area contributed by atoms with Crippen LogP contribution in [0.1, 0.15) is 61.1 Å². The maximum absolute atomic E-state index is 5.81. The van der Waals surface area contributed by atoms with Gasteiger partial charge in [-0.3, -0.25) is 0 Å². The molecule has 1 atom stereocenters. The van der Waals surface area contributed by atoms with Gasteiger partial charge < -0.3 is 9.73 Å². The highest BCUT2D eigenvalue weighted by Crippen LogP contribution is 2.31. The topological polar surface area (TPSA) is 55.9 Å². The summed E-state index contributed by atoms with van der Waals surface area (Å²) < 4.78 is 7.81. The molecule has 116 valence electrons. The van der Waals surface area contributed by atoms with Crippen LogP contribution in [0, 0.1) is 20.8 Å². The highest BCUT2D eigenvalue weighted by molar-refractivity contribution is 5.38. The Kier molecular flexibility index (Phi) is 5.17. The Morgan fingerprint density at radius 3 is 2.52 bits per heavy atom. The molecule has 1 unspecified atom stereocenters. The summed E-state index contributed by atoms with van der Waals surface area (Å²) in [5, 5.41) is 11.9. The Morgan fingerprint density at radius 1 is 1.19 bits per heavy atom. The lowest BCUT2D eigenvalue weighted by molar-refractivity contribution is 0.479. The molecule has 0 saturated heterocycles. The summed E-state index contributed by atoms with van der Waals surface area (Å²) in [5.74, 6) is 1.96. The number of rotatable bonds is 7. The van der Waals surface area contributed by atoms with Crippen molar-refractivity contribution in [2.75, 3.05) is 6.54 Å². The predicted octanol–water partition coefficient (Wildman–Crippen LogP) is 3.30. The zero-order chi connectivity index (χ0) is 15.4. The lowest BCUT2D eigenvalue weighted by Crippen LogP contribution is -2.26. The molecule has 0 fully saturated rings. The van der Waals surface area contributed by atoms with Crippen LogP contribution in [0.2, 0.25) is 0 Å². The number of nitrogens with zero attached hydrogens (tertiary/aromatic N) is 3. The number of aromatic nitrogens is 3. The Labute approximate surface area is 126 Å². The van der Waals surface area contributed by atoms with Gasteiger partial charge in [0.05, 0.1) is 17.9 Å². The lowest BCUT2D eigenvalue weighted by Gasteiger charge is -2.20. The van der Waals surface area contributed by atoms with Gasteiger partial charge in [0.1, 0.15) is 11.5 Å². The first-order valence-electron chi connectivity index (χ1n) is 7.78. The Balaban J connectivity index is 2.45. The van der Waals surface area contributed by atoms with Crippen molar-refractivity contribution in [3.05, 3.63) is 34.5 Å². The van der Waals surface area contributed by atoms with Gasteiger partial charge in [-0.05, 0) is 45.7 Å². The quantitative estimate of drug-likeness (QED) is 0.850. The maximum Gasteiger partial charge on any atom is 0.106 e. The van der Waals surface area contributed by atoms with Gasteiger partial charge in [0.15, 0.2) is 0 Å². The number of aryl methyl sites for hydroxylation is 3. The molecule has 0 aliphatic carbocycles. The molecule has 21 heavy (non-hydrogen) atoms. The first-order valence-corrected chi connectivity index (χ1v) is 7.78. The third-order valence-electron chi connectivity index (χ3n) is 3.88. The fraction of sp³-hybridized carbons (Fsp3) is 0.625. The second kappa shape index (κ2) is 6.89. The van der Waals surface area contributed by atoms with Gasteiger partial charge in [-0.2, -0.15) is 0 Å². The summed E-state index contributed by atoms with van der Waals surface area (Å²) in [6.45, 7) is 12.3. The van der Waals surface area contributed by atoms with E-state index < -0.39 is 0 Å². The third kappa shape index (κ3) is 3.18. The van der Waals surface area contributed by atoms with E-state index in [4.69, 9.17) is 4.42 Å². The van der Waals surface area contributed by atoms with Gasteiger partial charge in [0.2, 0.25) is 0 Å². The highest BCUT2D eigenvalue weighted by atomic mass is 16.3. The van der Waals surface area contributed by atoms with Crippen LogP contribution in [0.15, 0.2) is 10.6 Å². The van der Waals surface area contributed by atoms with E-state index in [0.717, 1.165) is 43.1 Å². The minimum Gasteiger partial charge on any atom is -0.466 e. The van der Waals surface area contributed by atoms with Crippen LogP contribution >= 0.6 is 0 Å². The second-order valence-corrected chi connectivity index (χ2v) is 5.52. The number of hydrogen-bond acceptors (Lipinski definition) is 4. The summed E-state index contributed by atoms with van der Waals surface area (Å²) in [5.41, 5.74) is 3.54. The van der Waals surface area contributed by atoms with Crippen molar-refractivity contribution >= 4 is 0 Å². The molecule has 2 rings (SSSR count). The molecule has 0 aliphatic rings. The van der Waals surface area contributed by atoms with E-state index in [2.05, 4.69) is 36.4 Å².